The molecule has 124 valence electrons. The summed E-state index contributed by atoms with van der Waals surface area (Å²) in [5, 5.41) is 5.36. The van der Waals surface area contributed by atoms with Gasteiger partial charge in [-0.25, -0.2) is 13.2 Å². The molecule has 0 aliphatic carbocycles. The molecular formula is C15H25N3O3S. The standard InChI is InChI=1S/C15H25N3O3S/c1-12(2)17-15(19)16-10-11-18(22(4,20)21)13(3)14-8-6-5-7-9-14/h5-9,12-13H,10-11H2,1-4H3,(H2,16,17,19). The summed E-state index contributed by atoms with van der Waals surface area (Å²) in [7, 11) is -3.37. The Hall–Kier alpha value is -1.60. The Balaban J connectivity index is 2.69. The first-order valence-corrected chi connectivity index (χ1v) is 9.12. The van der Waals surface area contributed by atoms with E-state index in [1.165, 1.54) is 10.6 Å². The monoisotopic (exact) mass is 327 g/mol. The van der Waals surface area contributed by atoms with Gasteiger partial charge >= 0.3 is 6.03 Å². The molecule has 0 bridgehead atoms. The molecule has 6 nitrogen and oxygen atoms in total. The van der Waals surface area contributed by atoms with Crippen LogP contribution in [0.15, 0.2) is 30.3 Å². The van der Waals surface area contributed by atoms with Crippen molar-refractivity contribution in [3.05, 3.63) is 35.9 Å². The second kappa shape index (κ2) is 8.14. The molecular weight excluding hydrogens is 302 g/mol. The molecule has 22 heavy (non-hydrogen) atoms. The zero-order chi connectivity index (χ0) is 16.8. The van der Waals surface area contributed by atoms with Crippen LogP contribution < -0.4 is 10.6 Å². The van der Waals surface area contributed by atoms with E-state index in [2.05, 4.69) is 10.6 Å². The van der Waals surface area contributed by atoms with Gasteiger partial charge in [-0.15, -0.1) is 0 Å². The summed E-state index contributed by atoms with van der Waals surface area (Å²) in [5.41, 5.74) is 0.916. The molecule has 1 unspecified atom stereocenters. The molecule has 0 saturated carbocycles. The third kappa shape index (κ3) is 6.03. The maximum atomic E-state index is 12.0. The smallest absolute Gasteiger partial charge is 0.315 e. The van der Waals surface area contributed by atoms with Crippen molar-refractivity contribution in [2.75, 3.05) is 19.3 Å². The predicted octanol–water partition coefficient (Wildman–Crippen LogP) is 1.72. The molecule has 1 atom stereocenters. The van der Waals surface area contributed by atoms with Crippen LogP contribution in [0.1, 0.15) is 32.4 Å². The zero-order valence-corrected chi connectivity index (χ0v) is 14.4. The maximum absolute atomic E-state index is 12.0. The summed E-state index contributed by atoms with van der Waals surface area (Å²) >= 11 is 0. The molecule has 2 amide bonds. The average molecular weight is 327 g/mol. The zero-order valence-electron chi connectivity index (χ0n) is 13.5. The van der Waals surface area contributed by atoms with Crippen molar-refractivity contribution in [2.24, 2.45) is 0 Å². The Kier molecular flexibility index (Phi) is 6.83. The van der Waals surface area contributed by atoms with E-state index in [0.29, 0.717) is 0 Å². The number of benzene rings is 1. The molecule has 1 rings (SSSR count). The fourth-order valence-electron chi connectivity index (χ4n) is 2.14. The SMILES string of the molecule is CC(C)NC(=O)NCCN(C(C)c1ccccc1)S(C)(=O)=O. The maximum Gasteiger partial charge on any atom is 0.315 e. The molecule has 0 aliphatic heterocycles. The van der Waals surface area contributed by atoms with Gasteiger partial charge in [0, 0.05) is 25.2 Å². The highest BCUT2D eigenvalue weighted by Crippen LogP contribution is 2.21. The van der Waals surface area contributed by atoms with E-state index in [1.807, 2.05) is 51.1 Å². The fraction of sp³-hybridized carbons (Fsp3) is 0.533. The number of hydrogen-bond donors (Lipinski definition) is 2. The van der Waals surface area contributed by atoms with Gasteiger partial charge in [-0.05, 0) is 26.3 Å². The van der Waals surface area contributed by atoms with Crippen molar-refractivity contribution >= 4 is 16.1 Å². The number of nitrogens with one attached hydrogen (secondary N) is 2. The van der Waals surface area contributed by atoms with Gasteiger partial charge in [-0.3, -0.25) is 0 Å². The fourth-order valence-corrected chi connectivity index (χ4v) is 3.26. The van der Waals surface area contributed by atoms with E-state index < -0.39 is 10.0 Å². The molecule has 2 N–H and O–H groups in total. The number of carbonyl (C=O) groups is 1. The highest BCUT2D eigenvalue weighted by atomic mass is 32.2. The van der Waals surface area contributed by atoms with Crippen molar-refractivity contribution in [1.29, 1.82) is 0 Å². The number of nitrogens with zero attached hydrogens (tertiary/aromatic N) is 1. The quantitative estimate of drug-likeness (QED) is 0.800. The summed E-state index contributed by atoms with van der Waals surface area (Å²) in [5.74, 6) is 0. The van der Waals surface area contributed by atoms with Gasteiger partial charge < -0.3 is 10.6 Å². The van der Waals surface area contributed by atoms with Gasteiger partial charge in [0.15, 0.2) is 0 Å². The Morgan fingerprint density at radius 2 is 1.77 bits per heavy atom. The number of hydrogen-bond acceptors (Lipinski definition) is 3. The predicted molar refractivity (Wildman–Crippen MR) is 88.1 cm³/mol. The number of urea groups is 1. The van der Waals surface area contributed by atoms with Crippen LogP contribution in [-0.4, -0.2) is 44.1 Å². The van der Waals surface area contributed by atoms with E-state index >= 15 is 0 Å². The second-order valence-corrected chi connectivity index (χ2v) is 7.45. The van der Waals surface area contributed by atoms with Crippen LogP contribution in [0.5, 0.6) is 0 Å². The Bertz CT molecular complexity index is 573. The number of amides is 2. The van der Waals surface area contributed by atoms with E-state index in [9.17, 15) is 13.2 Å². The van der Waals surface area contributed by atoms with E-state index in [1.54, 1.807) is 0 Å². The molecule has 1 aromatic carbocycles. The summed E-state index contributed by atoms with van der Waals surface area (Å²) in [4.78, 5) is 11.5. The van der Waals surface area contributed by atoms with Crippen LogP contribution in [0.3, 0.4) is 0 Å². The van der Waals surface area contributed by atoms with Crippen molar-refractivity contribution in [3.63, 3.8) is 0 Å². The number of sulfonamides is 1. The highest BCUT2D eigenvalue weighted by Gasteiger charge is 2.24. The van der Waals surface area contributed by atoms with Crippen molar-refractivity contribution in [3.8, 4) is 0 Å². The van der Waals surface area contributed by atoms with Gasteiger partial charge in [-0.1, -0.05) is 30.3 Å². The van der Waals surface area contributed by atoms with Gasteiger partial charge in [0.1, 0.15) is 0 Å². The molecule has 0 aliphatic rings. The summed E-state index contributed by atoms with van der Waals surface area (Å²) in [6.45, 7) is 6.04. The lowest BCUT2D eigenvalue weighted by Gasteiger charge is -2.27. The van der Waals surface area contributed by atoms with E-state index in [4.69, 9.17) is 0 Å². The molecule has 7 heteroatoms. The molecule has 0 aromatic heterocycles. The van der Waals surface area contributed by atoms with E-state index in [-0.39, 0.29) is 31.2 Å². The Labute approximate surface area is 132 Å². The van der Waals surface area contributed by atoms with Crippen LogP contribution in [0, 0.1) is 0 Å². The first kappa shape index (κ1) is 18.4. The summed E-state index contributed by atoms with van der Waals surface area (Å²) in [6.07, 6.45) is 1.18. The minimum absolute atomic E-state index is 0.0363. The first-order chi connectivity index (χ1) is 10.2. The third-order valence-corrected chi connectivity index (χ3v) is 4.53. The lowest BCUT2D eigenvalue weighted by molar-refractivity contribution is 0.236. The lowest BCUT2D eigenvalue weighted by Crippen LogP contribution is -2.44. The topological polar surface area (TPSA) is 78.5 Å². The van der Waals surface area contributed by atoms with Crippen molar-refractivity contribution in [1.82, 2.24) is 14.9 Å². The first-order valence-electron chi connectivity index (χ1n) is 7.28. The minimum atomic E-state index is -3.37. The minimum Gasteiger partial charge on any atom is -0.337 e. The van der Waals surface area contributed by atoms with Crippen LogP contribution in [0.25, 0.3) is 0 Å². The molecule has 1 aromatic rings. The summed E-state index contributed by atoms with van der Waals surface area (Å²) < 4.78 is 25.4. The summed E-state index contributed by atoms with van der Waals surface area (Å²) in [6, 6.07) is 8.88. The molecule has 0 fully saturated rings. The number of rotatable bonds is 7. The van der Waals surface area contributed by atoms with Gasteiger partial charge in [0.2, 0.25) is 10.0 Å². The van der Waals surface area contributed by atoms with Gasteiger partial charge in [-0.2, -0.15) is 4.31 Å². The Morgan fingerprint density at radius 3 is 2.27 bits per heavy atom. The van der Waals surface area contributed by atoms with Gasteiger partial charge in [0.25, 0.3) is 0 Å². The molecule has 0 spiro atoms. The molecule has 0 saturated heterocycles. The number of carbonyl (C=O) groups excluding carboxylic acids is 1. The second-order valence-electron chi connectivity index (χ2n) is 5.52. The van der Waals surface area contributed by atoms with Crippen LogP contribution in [0.2, 0.25) is 0 Å². The molecule has 0 heterocycles. The van der Waals surface area contributed by atoms with Crippen LogP contribution in [0.4, 0.5) is 4.79 Å². The highest BCUT2D eigenvalue weighted by molar-refractivity contribution is 7.88. The third-order valence-electron chi connectivity index (χ3n) is 3.18. The van der Waals surface area contributed by atoms with Crippen LogP contribution >= 0.6 is 0 Å². The van der Waals surface area contributed by atoms with Crippen LogP contribution in [-0.2, 0) is 10.0 Å². The van der Waals surface area contributed by atoms with Gasteiger partial charge in [0.05, 0.1) is 6.26 Å². The normalized spacial score (nSPS) is 13.2. The lowest BCUT2D eigenvalue weighted by atomic mass is 10.1. The van der Waals surface area contributed by atoms with Crippen molar-refractivity contribution < 1.29 is 13.2 Å². The van der Waals surface area contributed by atoms with Crippen molar-refractivity contribution in [2.45, 2.75) is 32.9 Å². The molecule has 0 radical (unpaired) electrons. The van der Waals surface area contributed by atoms with E-state index in [0.717, 1.165) is 5.56 Å². The Morgan fingerprint density at radius 1 is 1.18 bits per heavy atom. The largest absolute Gasteiger partial charge is 0.337 e. The average Bonchev–Trinajstić information content (AvgIpc) is 2.42.